The van der Waals surface area contributed by atoms with E-state index in [0.717, 1.165) is 31.5 Å². The minimum Gasteiger partial charge on any atom is -0.393 e. The number of rotatable bonds is 7. The Morgan fingerprint density at radius 2 is 1.81 bits per heavy atom. The van der Waals surface area contributed by atoms with Crippen molar-refractivity contribution in [2.75, 3.05) is 6.54 Å². The largest absolute Gasteiger partial charge is 0.393 e. The lowest BCUT2D eigenvalue weighted by Gasteiger charge is -2.06. The molecule has 0 radical (unpaired) electrons. The Morgan fingerprint density at radius 1 is 1.19 bits per heavy atom. The minimum absolute atomic E-state index is 0.0993. The molecule has 0 bridgehead atoms. The van der Waals surface area contributed by atoms with Crippen molar-refractivity contribution >= 4 is 0 Å². The van der Waals surface area contributed by atoms with Gasteiger partial charge in [-0.15, -0.1) is 0 Å². The topological polar surface area (TPSA) is 52.5 Å². The first kappa shape index (κ1) is 13.2. The van der Waals surface area contributed by atoms with E-state index in [4.69, 9.17) is 10.2 Å². The van der Waals surface area contributed by atoms with Crippen molar-refractivity contribution < 1.29 is 10.2 Å². The van der Waals surface area contributed by atoms with E-state index >= 15 is 0 Å². The van der Waals surface area contributed by atoms with Crippen LogP contribution >= 0.6 is 0 Å². The van der Waals surface area contributed by atoms with E-state index in [1.165, 1.54) is 5.56 Å². The molecule has 0 heterocycles. The zero-order valence-corrected chi connectivity index (χ0v) is 9.82. The summed E-state index contributed by atoms with van der Waals surface area (Å²) in [7, 11) is 0. The SMILES string of the molecule is CC(O)CCCNCc1ccc(CO)cc1. The summed E-state index contributed by atoms with van der Waals surface area (Å²) in [6.45, 7) is 3.67. The molecule has 3 N–H and O–H groups in total. The molecule has 0 spiro atoms. The second-order valence-corrected chi connectivity index (χ2v) is 4.14. The molecule has 0 amide bonds. The minimum atomic E-state index is -0.203. The van der Waals surface area contributed by atoms with E-state index in [1.807, 2.05) is 31.2 Å². The summed E-state index contributed by atoms with van der Waals surface area (Å²) in [4.78, 5) is 0. The lowest BCUT2D eigenvalue weighted by atomic mass is 10.1. The molecular weight excluding hydrogens is 202 g/mol. The van der Waals surface area contributed by atoms with E-state index in [0.29, 0.717) is 0 Å². The van der Waals surface area contributed by atoms with Crippen LogP contribution in [0.5, 0.6) is 0 Å². The normalized spacial score (nSPS) is 12.7. The Morgan fingerprint density at radius 3 is 2.38 bits per heavy atom. The molecule has 3 nitrogen and oxygen atoms in total. The molecule has 1 aromatic carbocycles. The lowest BCUT2D eigenvalue weighted by Crippen LogP contribution is -2.16. The van der Waals surface area contributed by atoms with E-state index in [1.54, 1.807) is 0 Å². The van der Waals surface area contributed by atoms with Gasteiger partial charge in [0.2, 0.25) is 0 Å². The predicted molar refractivity (Wildman–Crippen MR) is 65.0 cm³/mol. The van der Waals surface area contributed by atoms with Crippen LogP contribution in [-0.2, 0) is 13.2 Å². The van der Waals surface area contributed by atoms with Gasteiger partial charge in [-0.05, 0) is 37.4 Å². The molecule has 0 aliphatic heterocycles. The van der Waals surface area contributed by atoms with Crippen molar-refractivity contribution in [1.82, 2.24) is 5.32 Å². The molecule has 1 aromatic rings. The maximum Gasteiger partial charge on any atom is 0.0681 e. The Balaban J connectivity index is 2.16. The van der Waals surface area contributed by atoms with E-state index in [9.17, 15) is 0 Å². The van der Waals surface area contributed by atoms with Gasteiger partial charge in [-0.1, -0.05) is 24.3 Å². The Labute approximate surface area is 97.1 Å². The van der Waals surface area contributed by atoms with Crippen molar-refractivity contribution in [3.63, 3.8) is 0 Å². The van der Waals surface area contributed by atoms with Crippen molar-refractivity contribution in [2.24, 2.45) is 0 Å². The summed E-state index contributed by atoms with van der Waals surface area (Å²) in [5.41, 5.74) is 2.16. The van der Waals surface area contributed by atoms with Crippen LogP contribution < -0.4 is 5.32 Å². The van der Waals surface area contributed by atoms with Gasteiger partial charge in [0.15, 0.2) is 0 Å². The third-order valence-corrected chi connectivity index (χ3v) is 2.51. The third kappa shape index (κ3) is 5.26. The molecule has 16 heavy (non-hydrogen) atoms. The zero-order valence-electron chi connectivity index (χ0n) is 9.82. The molecule has 3 heteroatoms. The first-order valence-electron chi connectivity index (χ1n) is 5.80. The molecule has 1 atom stereocenters. The van der Waals surface area contributed by atoms with E-state index in [-0.39, 0.29) is 12.7 Å². The highest BCUT2D eigenvalue weighted by atomic mass is 16.3. The zero-order chi connectivity index (χ0) is 11.8. The second kappa shape index (κ2) is 7.39. The summed E-state index contributed by atoms with van der Waals surface area (Å²) in [5.74, 6) is 0. The smallest absolute Gasteiger partial charge is 0.0681 e. The van der Waals surface area contributed by atoms with Gasteiger partial charge in [0.25, 0.3) is 0 Å². The first-order valence-corrected chi connectivity index (χ1v) is 5.80. The fourth-order valence-electron chi connectivity index (χ4n) is 1.52. The van der Waals surface area contributed by atoms with Gasteiger partial charge in [0.1, 0.15) is 0 Å². The van der Waals surface area contributed by atoms with Crippen LogP contribution in [0.1, 0.15) is 30.9 Å². The number of benzene rings is 1. The average Bonchev–Trinajstić information content (AvgIpc) is 2.29. The van der Waals surface area contributed by atoms with Crippen LogP contribution in [0.4, 0.5) is 0 Å². The van der Waals surface area contributed by atoms with E-state index in [2.05, 4.69) is 5.32 Å². The summed E-state index contributed by atoms with van der Waals surface area (Å²) in [6.07, 6.45) is 1.63. The van der Waals surface area contributed by atoms with Gasteiger partial charge in [-0.2, -0.15) is 0 Å². The van der Waals surface area contributed by atoms with Crippen molar-refractivity contribution in [3.8, 4) is 0 Å². The maximum atomic E-state index is 9.07. The highest BCUT2D eigenvalue weighted by molar-refractivity contribution is 5.21. The molecule has 0 fully saturated rings. The molecular formula is C13H21NO2. The second-order valence-electron chi connectivity index (χ2n) is 4.14. The fourth-order valence-corrected chi connectivity index (χ4v) is 1.52. The summed E-state index contributed by atoms with van der Waals surface area (Å²) >= 11 is 0. The number of hydrogen-bond acceptors (Lipinski definition) is 3. The number of hydrogen-bond donors (Lipinski definition) is 3. The summed E-state index contributed by atoms with van der Waals surface area (Å²) in [5, 5.41) is 21.3. The van der Waals surface area contributed by atoms with Crippen LogP contribution in [-0.4, -0.2) is 22.9 Å². The van der Waals surface area contributed by atoms with Gasteiger partial charge in [-0.25, -0.2) is 0 Å². The van der Waals surface area contributed by atoms with Gasteiger partial charge >= 0.3 is 0 Å². The molecule has 1 unspecified atom stereocenters. The third-order valence-electron chi connectivity index (χ3n) is 2.51. The van der Waals surface area contributed by atoms with Gasteiger partial charge in [0, 0.05) is 6.54 Å². The van der Waals surface area contributed by atoms with Crippen LogP contribution in [0.2, 0.25) is 0 Å². The van der Waals surface area contributed by atoms with Crippen molar-refractivity contribution in [1.29, 1.82) is 0 Å². The fraction of sp³-hybridized carbons (Fsp3) is 0.538. The van der Waals surface area contributed by atoms with Gasteiger partial charge in [0.05, 0.1) is 12.7 Å². The van der Waals surface area contributed by atoms with Gasteiger partial charge in [-0.3, -0.25) is 0 Å². The quantitative estimate of drug-likeness (QED) is 0.613. The number of aliphatic hydroxyl groups is 2. The Kier molecular flexibility index (Phi) is 6.08. The Hall–Kier alpha value is -0.900. The molecule has 0 aromatic heterocycles. The number of nitrogens with one attached hydrogen (secondary N) is 1. The molecule has 0 aliphatic carbocycles. The summed E-state index contributed by atoms with van der Waals surface area (Å²) < 4.78 is 0. The van der Waals surface area contributed by atoms with E-state index < -0.39 is 0 Å². The lowest BCUT2D eigenvalue weighted by molar-refractivity contribution is 0.181. The van der Waals surface area contributed by atoms with Crippen molar-refractivity contribution in [2.45, 2.75) is 39.0 Å². The Bertz CT molecular complexity index is 282. The summed E-state index contributed by atoms with van der Waals surface area (Å²) in [6, 6.07) is 7.92. The molecule has 0 saturated carbocycles. The first-order chi connectivity index (χ1) is 7.72. The van der Waals surface area contributed by atoms with Crippen LogP contribution in [0.25, 0.3) is 0 Å². The molecule has 0 aliphatic rings. The highest BCUT2D eigenvalue weighted by Gasteiger charge is 1.96. The number of aliphatic hydroxyl groups excluding tert-OH is 2. The molecule has 1 rings (SSSR count). The van der Waals surface area contributed by atoms with Crippen LogP contribution in [0.3, 0.4) is 0 Å². The maximum absolute atomic E-state index is 9.07. The van der Waals surface area contributed by atoms with Crippen molar-refractivity contribution in [3.05, 3.63) is 35.4 Å². The predicted octanol–water partition coefficient (Wildman–Crippen LogP) is 1.43. The van der Waals surface area contributed by atoms with Gasteiger partial charge < -0.3 is 15.5 Å². The highest BCUT2D eigenvalue weighted by Crippen LogP contribution is 2.04. The molecule has 0 saturated heterocycles. The van der Waals surface area contributed by atoms with Crippen LogP contribution in [0, 0.1) is 0 Å². The van der Waals surface area contributed by atoms with Crippen LogP contribution in [0.15, 0.2) is 24.3 Å². The molecule has 90 valence electrons. The average molecular weight is 223 g/mol. The monoisotopic (exact) mass is 223 g/mol. The standard InChI is InChI=1S/C13H21NO2/c1-11(16)3-2-8-14-9-12-4-6-13(10-15)7-5-12/h4-7,11,14-16H,2-3,8-10H2,1H3.